The Morgan fingerprint density at radius 2 is 2.19 bits per heavy atom. The molecule has 0 radical (unpaired) electrons. The summed E-state index contributed by atoms with van der Waals surface area (Å²) in [5, 5.41) is 13.8. The van der Waals surface area contributed by atoms with Gasteiger partial charge in [0.05, 0.1) is 0 Å². The number of H-pyrrole nitrogens is 1. The highest BCUT2D eigenvalue weighted by Gasteiger charge is 2.56. The van der Waals surface area contributed by atoms with Crippen LogP contribution in [0.15, 0.2) is 23.3 Å². The lowest BCUT2D eigenvalue weighted by atomic mass is 9.45. The van der Waals surface area contributed by atoms with Crippen molar-refractivity contribution in [2.45, 2.75) is 39.7 Å². The van der Waals surface area contributed by atoms with Crippen molar-refractivity contribution in [2.75, 3.05) is 5.32 Å². The zero-order valence-electron chi connectivity index (χ0n) is 15.9. The van der Waals surface area contributed by atoms with Crippen molar-refractivity contribution in [2.24, 2.45) is 28.2 Å². The first-order chi connectivity index (χ1) is 12.9. The number of aromatic hydroxyl groups is 1. The Morgan fingerprint density at radius 1 is 1.33 bits per heavy atom. The van der Waals surface area contributed by atoms with E-state index in [9.17, 15) is 5.11 Å². The normalized spacial score (nSPS) is 31.6. The molecule has 6 heteroatoms. The molecular formula is C21H25N5O. The molecule has 6 rings (SSSR count). The number of hydrogen-bond donors (Lipinski definition) is 3. The van der Waals surface area contributed by atoms with Crippen LogP contribution in [0.1, 0.15) is 44.9 Å². The number of imidazole rings is 1. The second-order valence-electron chi connectivity index (χ2n) is 8.76. The molecule has 6 nitrogen and oxygen atoms in total. The van der Waals surface area contributed by atoms with E-state index in [4.69, 9.17) is 0 Å². The number of anilines is 1. The topological polar surface area (TPSA) is 86.2 Å². The van der Waals surface area contributed by atoms with E-state index < -0.39 is 0 Å². The largest absolute Gasteiger partial charge is 0.492 e. The molecule has 2 bridgehead atoms. The minimum Gasteiger partial charge on any atom is -0.492 e. The molecule has 3 heterocycles. The summed E-state index contributed by atoms with van der Waals surface area (Å²) >= 11 is 0. The predicted octanol–water partition coefficient (Wildman–Crippen LogP) is 4.25. The quantitative estimate of drug-likeness (QED) is 0.761. The number of fused-ring (bicyclic) bond motifs is 3. The Kier molecular flexibility index (Phi) is 3.48. The number of aliphatic imine (C=N–C) groups is 1. The molecule has 3 aliphatic carbocycles. The third-order valence-electron chi connectivity index (χ3n) is 7.11. The van der Waals surface area contributed by atoms with Crippen LogP contribution in [0.25, 0.3) is 11.6 Å². The van der Waals surface area contributed by atoms with E-state index in [0.717, 1.165) is 29.4 Å². The molecule has 2 aromatic rings. The van der Waals surface area contributed by atoms with E-state index >= 15 is 0 Å². The lowest BCUT2D eigenvalue weighted by Crippen LogP contribution is -2.58. The monoisotopic (exact) mass is 363 g/mol. The van der Waals surface area contributed by atoms with E-state index in [-0.39, 0.29) is 5.88 Å². The van der Waals surface area contributed by atoms with Gasteiger partial charge in [-0.05, 0) is 54.2 Å². The number of aromatic amines is 1. The number of aromatic nitrogens is 3. The molecule has 0 spiro atoms. The van der Waals surface area contributed by atoms with Gasteiger partial charge in [-0.25, -0.2) is 9.98 Å². The minimum atomic E-state index is 0.00434. The molecule has 0 amide bonds. The van der Waals surface area contributed by atoms with Crippen LogP contribution in [0.2, 0.25) is 0 Å². The van der Waals surface area contributed by atoms with E-state index in [1.54, 1.807) is 12.4 Å². The molecular weight excluding hydrogens is 338 g/mol. The van der Waals surface area contributed by atoms with Gasteiger partial charge in [0.15, 0.2) is 5.82 Å². The fourth-order valence-corrected chi connectivity index (χ4v) is 5.26. The number of pyridine rings is 1. The van der Waals surface area contributed by atoms with Crippen LogP contribution < -0.4 is 5.32 Å². The molecule has 3 N–H and O–H groups in total. The molecule has 27 heavy (non-hydrogen) atoms. The maximum atomic E-state index is 10.3. The van der Waals surface area contributed by atoms with Crippen molar-refractivity contribution in [3.63, 3.8) is 0 Å². The van der Waals surface area contributed by atoms with Crippen LogP contribution in [0.3, 0.4) is 0 Å². The highest BCUT2D eigenvalue weighted by molar-refractivity contribution is 6.20. The van der Waals surface area contributed by atoms with Crippen LogP contribution in [0.5, 0.6) is 5.88 Å². The van der Waals surface area contributed by atoms with Gasteiger partial charge in [-0.2, -0.15) is 4.98 Å². The van der Waals surface area contributed by atoms with Crippen molar-refractivity contribution in [3.8, 4) is 5.88 Å². The van der Waals surface area contributed by atoms with Gasteiger partial charge in [0.25, 0.3) is 0 Å². The molecule has 0 saturated heterocycles. The summed E-state index contributed by atoms with van der Waals surface area (Å²) in [6, 6.07) is 4.26. The maximum Gasteiger partial charge on any atom is 0.238 e. The molecule has 0 aromatic carbocycles. The molecule has 140 valence electrons. The standard InChI is InChI=1S/C21H25N5O/c1-11-15-8-13(21(15,2)3)9-16(11)24-20-25-17(19(27)26-20)7-12-10-23-18-14(12)5-4-6-22-18/h4-7,10-11,13,15-16,27H,8-9H2,1-3H3,(H2,24,25,26)/t11-,13?,15+,16+/m0/s1. The Morgan fingerprint density at radius 3 is 2.96 bits per heavy atom. The van der Waals surface area contributed by atoms with Crippen LogP contribution in [0.4, 0.5) is 11.8 Å². The molecule has 4 atom stereocenters. The fraction of sp³-hybridized carbons (Fsp3) is 0.476. The first kappa shape index (κ1) is 16.5. The second-order valence-corrected chi connectivity index (χ2v) is 8.76. The van der Waals surface area contributed by atoms with Gasteiger partial charge in [0, 0.05) is 29.6 Å². The molecule has 4 aliphatic rings. The Labute approximate surface area is 158 Å². The molecule has 3 fully saturated rings. The highest BCUT2D eigenvalue weighted by atomic mass is 16.3. The average molecular weight is 363 g/mol. The predicted molar refractivity (Wildman–Crippen MR) is 107 cm³/mol. The zero-order valence-corrected chi connectivity index (χ0v) is 15.9. The summed E-state index contributed by atoms with van der Waals surface area (Å²) in [7, 11) is 0. The maximum absolute atomic E-state index is 10.3. The number of rotatable bonds is 3. The van der Waals surface area contributed by atoms with Gasteiger partial charge in [0.2, 0.25) is 11.8 Å². The summed E-state index contributed by atoms with van der Waals surface area (Å²) in [6.45, 7) is 7.14. The smallest absolute Gasteiger partial charge is 0.238 e. The third-order valence-corrected chi connectivity index (χ3v) is 7.11. The van der Waals surface area contributed by atoms with Crippen LogP contribution in [-0.4, -0.2) is 32.3 Å². The Balaban J connectivity index is 1.36. The van der Waals surface area contributed by atoms with Gasteiger partial charge in [-0.3, -0.25) is 0 Å². The number of nitrogens with one attached hydrogen (secondary N) is 2. The van der Waals surface area contributed by atoms with Crippen molar-refractivity contribution in [1.82, 2.24) is 15.0 Å². The van der Waals surface area contributed by atoms with Gasteiger partial charge in [0.1, 0.15) is 5.69 Å². The van der Waals surface area contributed by atoms with E-state index in [2.05, 4.69) is 46.0 Å². The highest BCUT2D eigenvalue weighted by Crippen LogP contribution is 2.61. The zero-order chi connectivity index (χ0) is 18.8. The molecule has 3 saturated carbocycles. The lowest BCUT2D eigenvalue weighted by molar-refractivity contribution is -0.105. The number of hydrogen-bond acceptors (Lipinski definition) is 5. The van der Waals surface area contributed by atoms with Crippen LogP contribution in [0, 0.1) is 23.2 Å². The summed E-state index contributed by atoms with van der Waals surface area (Å²) in [5.74, 6) is 3.48. The average Bonchev–Trinajstić information content (AvgIpc) is 3.20. The van der Waals surface area contributed by atoms with E-state index in [1.807, 2.05) is 18.2 Å². The summed E-state index contributed by atoms with van der Waals surface area (Å²) in [4.78, 5) is 16.1. The number of allylic oxidation sites excluding steroid dienone is 1. The summed E-state index contributed by atoms with van der Waals surface area (Å²) in [6.07, 6.45) is 7.87. The van der Waals surface area contributed by atoms with Crippen LogP contribution in [-0.2, 0) is 0 Å². The fourth-order valence-electron chi connectivity index (χ4n) is 5.26. The van der Waals surface area contributed by atoms with Gasteiger partial charge < -0.3 is 15.4 Å². The van der Waals surface area contributed by atoms with Gasteiger partial charge in [-0.1, -0.05) is 20.8 Å². The van der Waals surface area contributed by atoms with Crippen molar-refractivity contribution in [1.29, 1.82) is 0 Å². The molecule has 1 unspecified atom stereocenters. The van der Waals surface area contributed by atoms with E-state index in [0.29, 0.717) is 34.8 Å². The first-order valence-corrected chi connectivity index (χ1v) is 9.70. The van der Waals surface area contributed by atoms with Crippen LogP contribution >= 0.6 is 0 Å². The number of nitrogens with zero attached hydrogens (tertiary/aromatic N) is 3. The summed E-state index contributed by atoms with van der Waals surface area (Å²) in [5.41, 5.74) is 2.92. The van der Waals surface area contributed by atoms with Crippen molar-refractivity contribution in [3.05, 3.63) is 29.6 Å². The molecule has 2 aromatic heterocycles. The third kappa shape index (κ3) is 2.50. The second kappa shape index (κ2) is 5.68. The summed E-state index contributed by atoms with van der Waals surface area (Å²) < 4.78 is 0. The Bertz CT molecular complexity index is 957. The molecule has 1 aliphatic heterocycles. The van der Waals surface area contributed by atoms with E-state index in [1.165, 1.54) is 6.42 Å². The SMILES string of the molecule is C[C@H]1[C@H]2CC(C[C@H]1Nc1nc(O)c(C=C3C=Nc4ncccc43)[nH]1)C2(C)C. The minimum absolute atomic E-state index is 0.00434. The van der Waals surface area contributed by atoms with Crippen molar-refractivity contribution < 1.29 is 5.11 Å². The van der Waals surface area contributed by atoms with Crippen molar-refractivity contribution >= 4 is 29.6 Å². The first-order valence-electron chi connectivity index (χ1n) is 9.70. The Hall–Kier alpha value is -2.63. The lowest BCUT2D eigenvalue weighted by Gasteiger charge is -2.62. The van der Waals surface area contributed by atoms with Gasteiger partial charge >= 0.3 is 0 Å². The van der Waals surface area contributed by atoms with Gasteiger partial charge in [-0.15, -0.1) is 0 Å².